The molecule has 0 radical (unpaired) electrons. The Hall–Kier alpha value is -1.61. The summed E-state index contributed by atoms with van der Waals surface area (Å²) in [7, 11) is 0. The van der Waals surface area contributed by atoms with Crippen LogP contribution in [0, 0.1) is 6.92 Å². The van der Waals surface area contributed by atoms with Crippen LogP contribution in [0.5, 0.6) is 0 Å². The third-order valence-electron chi connectivity index (χ3n) is 3.24. The van der Waals surface area contributed by atoms with Crippen LogP contribution in [-0.2, 0) is 0 Å². The normalized spacial score (nSPS) is 19.7. The largest absolute Gasteiger partial charge is 0.440 e. The molecule has 0 bridgehead atoms. The molecule has 0 saturated carbocycles. The molecule has 1 aliphatic rings. The minimum atomic E-state index is 0.438. The van der Waals surface area contributed by atoms with E-state index in [-0.39, 0.29) is 0 Å². The maximum atomic E-state index is 5.86. The zero-order valence-electron chi connectivity index (χ0n) is 9.94. The van der Waals surface area contributed by atoms with Gasteiger partial charge in [0.2, 0.25) is 0 Å². The minimum Gasteiger partial charge on any atom is -0.440 e. The lowest BCUT2D eigenvalue weighted by Gasteiger charge is -2.02. The highest BCUT2D eigenvalue weighted by atomic mass is 16.4. The minimum absolute atomic E-state index is 0.438. The predicted molar refractivity (Wildman–Crippen MR) is 66.9 cm³/mol. The van der Waals surface area contributed by atoms with Gasteiger partial charge in [0.15, 0.2) is 11.7 Å². The van der Waals surface area contributed by atoms with Crippen LogP contribution in [0.15, 0.2) is 34.9 Å². The number of nitrogens with zero attached hydrogens (tertiary/aromatic N) is 1. The summed E-state index contributed by atoms with van der Waals surface area (Å²) in [6, 6.07) is 8.31. The molecule has 1 unspecified atom stereocenters. The molecule has 17 heavy (non-hydrogen) atoms. The van der Waals surface area contributed by atoms with Crippen LogP contribution in [0.4, 0.5) is 0 Å². The second kappa shape index (κ2) is 4.34. The summed E-state index contributed by atoms with van der Waals surface area (Å²) in [6.07, 6.45) is 2.95. The number of nitrogens with one attached hydrogen (secondary N) is 1. The Balaban J connectivity index is 1.89. The second-order valence-corrected chi connectivity index (χ2v) is 4.62. The van der Waals surface area contributed by atoms with E-state index in [9.17, 15) is 0 Å². The van der Waals surface area contributed by atoms with Crippen molar-refractivity contribution >= 4 is 0 Å². The first-order chi connectivity index (χ1) is 8.33. The van der Waals surface area contributed by atoms with E-state index < -0.39 is 0 Å². The molecule has 88 valence electrons. The van der Waals surface area contributed by atoms with Gasteiger partial charge < -0.3 is 9.73 Å². The average molecular weight is 228 g/mol. The maximum absolute atomic E-state index is 5.86. The molecule has 1 aromatic heterocycles. The van der Waals surface area contributed by atoms with Crippen molar-refractivity contribution in [3.05, 3.63) is 41.9 Å². The Morgan fingerprint density at radius 2 is 2.35 bits per heavy atom. The Kier molecular flexibility index (Phi) is 2.69. The van der Waals surface area contributed by atoms with E-state index in [2.05, 4.69) is 35.4 Å². The van der Waals surface area contributed by atoms with Crippen LogP contribution in [0.2, 0.25) is 0 Å². The van der Waals surface area contributed by atoms with E-state index in [1.807, 2.05) is 12.3 Å². The Morgan fingerprint density at radius 1 is 1.41 bits per heavy atom. The Bertz CT molecular complexity index is 512. The smallest absolute Gasteiger partial charge is 0.199 e. The molecule has 2 aromatic rings. The highest BCUT2D eigenvalue weighted by Crippen LogP contribution is 2.27. The fraction of sp³-hybridized carbons (Fsp3) is 0.357. The Morgan fingerprint density at radius 3 is 3.12 bits per heavy atom. The number of hydrogen-bond acceptors (Lipinski definition) is 3. The van der Waals surface area contributed by atoms with Crippen molar-refractivity contribution in [2.24, 2.45) is 0 Å². The van der Waals surface area contributed by atoms with Crippen molar-refractivity contribution in [1.29, 1.82) is 0 Å². The average Bonchev–Trinajstić information content (AvgIpc) is 3.00. The van der Waals surface area contributed by atoms with Gasteiger partial charge in [-0.1, -0.05) is 23.8 Å². The van der Waals surface area contributed by atoms with Gasteiger partial charge in [-0.3, -0.25) is 0 Å². The number of oxazole rings is 1. The van der Waals surface area contributed by atoms with Crippen molar-refractivity contribution in [3.8, 4) is 11.3 Å². The molecule has 0 spiro atoms. The van der Waals surface area contributed by atoms with E-state index in [4.69, 9.17) is 4.42 Å². The molecule has 1 aromatic carbocycles. The van der Waals surface area contributed by atoms with Crippen molar-refractivity contribution in [2.75, 3.05) is 13.1 Å². The van der Waals surface area contributed by atoms with Gasteiger partial charge in [-0.25, -0.2) is 4.98 Å². The highest BCUT2D eigenvalue weighted by Gasteiger charge is 2.21. The van der Waals surface area contributed by atoms with Gasteiger partial charge in [0.25, 0.3) is 0 Å². The molecule has 1 fully saturated rings. The van der Waals surface area contributed by atoms with E-state index in [1.165, 1.54) is 5.56 Å². The number of benzene rings is 1. The lowest BCUT2D eigenvalue weighted by Crippen LogP contribution is -2.07. The van der Waals surface area contributed by atoms with Crippen molar-refractivity contribution in [3.63, 3.8) is 0 Å². The van der Waals surface area contributed by atoms with Gasteiger partial charge >= 0.3 is 0 Å². The standard InChI is InChI=1S/C14H16N2O/c1-10-3-2-4-11(7-10)13-9-16-14(17-13)12-5-6-15-8-12/h2-4,7,9,12,15H,5-6,8H2,1H3. The van der Waals surface area contributed by atoms with Crippen molar-refractivity contribution in [1.82, 2.24) is 10.3 Å². The first-order valence-electron chi connectivity index (χ1n) is 6.06. The number of rotatable bonds is 2. The molecular weight excluding hydrogens is 212 g/mol. The third kappa shape index (κ3) is 2.11. The predicted octanol–water partition coefficient (Wildman–Crippen LogP) is 2.73. The zero-order valence-corrected chi connectivity index (χ0v) is 9.94. The fourth-order valence-electron chi connectivity index (χ4n) is 2.27. The number of aryl methyl sites for hydroxylation is 1. The van der Waals surface area contributed by atoms with Gasteiger partial charge in [-0.05, 0) is 26.0 Å². The molecule has 1 N–H and O–H groups in total. The van der Waals surface area contributed by atoms with Crippen LogP contribution in [0.3, 0.4) is 0 Å². The number of hydrogen-bond donors (Lipinski definition) is 1. The fourth-order valence-corrected chi connectivity index (χ4v) is 2.27. The molecule has 0 aliphatic carbocycles. The first-order valence-corrected chi connectivity index (χ1v) is 6.06. The van der Waals surface area contributed by atoms with Gasteiger partial charge in [-0.15, -0.1) is 0 Å². The van der Waals surface area contributed by atoms with Crippen LogP contribution in [0.25, 0.3) is 11.3 Å². The summed E-state index contributed by atoms with van der Waals surface area (Å²) in [5.74, 6) is 2.18. The lowest BCUT2D eigenvalue weighted by atomic mass is 10.1. The quantitative estimate of drug-likeness (QED) is 0.858. The van der Waals surface area contributed by atoms with Crippen LogP contribution >= 0.6 is 0 Å². The zero-order chi connectivity index (χ0) is 11.7. The molecule has 1 atom stereocenters. The first kappa shape index (κ1) is 10.5. The van der Waals surface area contributed by atoms with E-state index in [0.717, 1.165) is 36.7 Å². The molecular formula is C14H16N2O. The summed E-state index contributed by atoms with van der Waals surface area (Å²) in [6.45, 7) is 4.13. The Labute approximate surface area is 101 Å². The summed E-state index contributed by atoms with van der Waals surface area (Å²) in [5, 5.41) is 3.33. The van der Waals surface area contributed by atoms with Gasteiger partial charge in [0, 0.05) is 18.0 Å². The summed E-state index contributed by atoms with van der Waals surface area (Å²) in [5.41, 5.74) is 2.35. The van der Waals surface area contributed by atoms with Gasteiger partial charge in [-0.2, -0.15) is 0 Å². The van der Waals surface area contributed by atoms with E-state index >= 15 is 0 Å². The summed E-state index contributed by atoms with van der Waals surface area (Å²) >= 11 is 0. The van der Waals surface area contributed by atoms with Crippen molar-refractivity contribution < 1.29 is 4.42 Å². The summed E-state index contributed by atoms with van der Waals surface area (Å²) < 4.78 is 5.86. The lowest BCUT2D eigenvalue weighted by molar-refractivity contribution is 0.467. The van der Waals surface area contributed by atoms with Crippen LogP contribution in [0.1, 0.15) is 23.8 Å². The number of aromatic nitrogens is 1. The molecule has 3 nitrogen and oxygen atoms in total. The van der Waals surface area contributed by atoms with E-state index in [1.54, 1.807) is 0 Å². The topological polar surface area (TPSA) is 38.1 Å². The maximum Gasteiger partial charge on any atom is 0.199 e. The van der Waals surface area contributed by atoms with E-state index in [0.29, 0.717) is 5.92 Å². The van der Waals surface area contributed by atoms with Crippen LogP contribution in [-0.4, -0.2) is 18.1 Å². The highest BCUT2D eigenvalue weighted by molar-refractivity contribution is 5.57. The molecule has 1 aliphatic heterocycles. The molecule has 3 heteroatoms. The third-order valence-corrected chi connectivity index (χ3v) is 3.24. The van der Waals surface area contributed by atoms with Gasteiger partial charge in [0.05, 0.1) is 6.20 Å². The van der Waals surface area contributed by atoms with Crippen LogP contribution < -0.4 is 5.32 Å². The molecule has 2 heterocycles. The second-order valence-electron chi connectivity index (χ2n) is 4.62. The SMILES string of the molecule is Cc1cccc(-c2cnc(C3CCNC3)o2)c1. The molecule has 1 saturated heterocycles. The molecule has 0 amide bonds. The van der Waals surface area contributed by atoms with Crippen molar-refractivity contribution in [2.45, 2.75) is 19.3 Å². The van der Waals surface area contributed by atoms with Gasteiger partial charge in [0.1, 0.15) is 0 Å². The molecule has 3 rings (SSSR count). The monoisotopic (exact) mass is 228 g/mol. The summed E-state index contributed by atoms with van der Waals surface area (Å²) in [4.78, 5) is 4.40.